The lowest BCUT2D eigenvalue weighted by molar-refractivity contribution is -0.431. The van der Waals surface area contributed by atoms with E-state index in [-0.39, 0.29) is 23.1 Å². The second-order valence-electron chi connectivity index (χ2n) is 4.00. The molecule has 0 amide bonds. The molecule has 0 heterocycles. The van der Waals surface area contributed by atoms with Crippen LogP contribution in [0.1, 0.15) is 19.4 Å². The van der Waals surface area contributed by atoms with Crippen molar-refractivity contribution in [3.63, 3.8) is 0 Å². The molecule has 0 saturated carbocycles. The molecule has 5 heteroatoms. The van der Waals surface area contributed by atoms with E-state index >= 15 is 0 Å². The Morgan fingerprint density at radius 1 is 1.50 bits per heavy atom. The Morgan fingerprint density at radius 2 is 2.11 bits per heavy atom. The first kappa shape index (κ1) is 13.7. The lowest BCUT2D eigenvalue weighted by Crippen LogP contribution is -2.05. The molecular weight excluding hydrogens is 232 g/mol. The van der Waals surface area contributed by atoms with E-state index in [1.54, 1.807) is 44.2 Å². The average Bonchev–Trinajstić information content (AvgIpc) is 2.34. The van der Waals surface area contributed by atoms with E-state index in [4.69, 9.17) is 10.00 Å². The van der Waals surface area contributed by atoms with Crippen molar-refractivity contribution >= 4 is 6.08 Å². The van der Waals surface area contributed by atoms with Crippen LogP contribution < -0.4 is 4.74 Å². The Hall–Kier alpha value is -2.35. The molecule has 1 aromatic rings. The maximum absolute atomic E-state index is 10.8. The van der Waals surface area contributed by atoms with E-state index in [2.05, 4.69) is 0 Å². The van der Waals surface area contributed by atoms with Gasteiger partial charge < -0.3 is 4.74 Å². The summed E-state index contributed by atoms with van der Waals surface area (Å²) >= 11 is 0. The van der Waals surface area contributed by atoms with E-state index in [0.717, 1.165) is 5.56 Å². The van der Waals surface area contributed by atoms with Crippen molar-refractivity contribution in [2.75, 3.05) is 6.61 Å². The smallest absolute Gasteiger partial charge is 0.249 e. The van der Waals surface area contributed by atoms with Gasteiger partial charge in [-0.3, -0.25) is 10.1 Å². The number of benzene rings is 1. The number of nitrogens with zero attached hydrogens (tertiary/aromatic N) is 2. The fourth-order valence-electron chi connectivity index (χ4n) is 1.38. The van der Waals surface area contributed by atoms with E-state index in [1.807, 2.05) is 6.07 Å². The van der Waals surface area contributed by atoms with Crippen LogP contribution in [0.5, 0.6) is 5.75 Å². The maximum Gasteiger partial charge on any atom is 0.249 e. The third-order valence-corrected chi connectivity index (χ3v) is 2.30. The van der Waals surface area contributed by atoms with Gasteiger partial charge in [-0.05, 0) is 17.7 Å². The van der Waals surface area contributed by atoms with Crippen LogP contribution in [-0.4, -0.2) is 11.5 Å². The zero-order valence-corrected chi connectivity index (χ0v) is 10.3. The fourth-order valence-corrected chi connectivity index (χ4v) is 1.38. The molecule has 0 saturated heterocycles. The summed E-state index contributed by atoms with van der Waals surface area (Å²) in [6.07, 6.45) is 1.54. The predicted molar refractivity (Wildman–Crippen MR) is 67.4 cm³/mol. The molecule has 0 aromatic heterocycles. The number of rotatable bonds is 5. The quantitative estimate of drug-likeness (QED) is 0.591. The van der Waals surface area contributed by atoms with Gasteiger partial charge in [-0.2, -0.15) is 5.26 Å². The summed E-state index contributed by atoms with van der Waals surface area (Å²) in [5, 5.41) is 19.2. The number of allylic oxidation sites excluding steroid dienone is 1. The summed E-state index contributed by atoms with van der Waals surface area (Å²) in [5.41, 5.74) is 0.903. The monoisotopic (exact) mass is 246 g/mol. The SMILES string of the molecule is CC(C)/C(=C/c1ccc(OCC#N)cc1)[N+](=O)[O-]. The van der Waals surface area contributed by atoms with Crippen LogP contribution in [0.3, 0.4) is 0 Å². The Labute approximate surface area is 105 Å². The molecule has 0 N–H and O–H groups in total. The number of hydrogen-bond donors (Lipinski definition) is 0. The molecule has 0 atom stereocenters. The summed E-state index contributed by atoms with van der Waals surface area (Å²) in [4.78, 5) is 10.5. The van der Waals surface area contributed by atoms with Gasteiger partial charge in [0.15, 0.2) is 6.61 Å². The lowest BCUT2D eigenvalue weighted by atomic mass is 10.1. The zero-order chi connectivity index (χ0) is 13.5. The van der Waals surface area contributed by atoms with Gasteiger partial charge in [-0.25, -0.2) is 0 Å². The van der Waals surface area contributed by atoms with Crippen molar-refractivity contribution in [1.82, 2.24) is 0 Å². The van der Waals surface area contributed by atoms with Gasteiger partial charge in [-0.1, -0.05) is 26.0 Å². The molecule has 18 heavy (non-hydrogen) atoms. The Bertz CT molecular complexity index is 484. The minimum Gasteiger partial charge on any atom is -0.479 e. The molecule has 94 valence electrons. The highest BCUT2D eigenvalue weighted by molar-refractivity contribution is 5.52. The first-order valence-corrected chi connectivity index (χ1v) is 5.50. The molecule has 0 aliphatic heterocycles. The van der Waals surface area contributed by atoms with Gasteiger partial charge in [0.05, 0.1) is 4.92 Å². The van der Waals surface area contributed by atoms with E-state index in [0.29, 0.717) is 5.75 Å². The number of hydrogen-bond acceptors (Lipinski definition) is 4. The first-order chi connectivity index (χ1) is 8.54. The highest BCUT2D eigenvalue weighted by Gasteiger charge is 2.15. The molecule has 0 aliphatic carbocycles. The first-order valence-electron chi connectivity index (χ1n) is 5.50. The van der Waals surface area contributed by atoms with E-state index < -0.39 is 0 Å². The van der Waals surface area contributed by atoms with Crippen molar-refractivity contribution in [2.24, 2.45) is 5.92 Å². The predicted octanol–water partition coefficient (Wildman–Crippen LogP) is 2.86. The largest absolute Gasteiger partial charge is 0.479 e. The fraction of sp³-hybridized carbons (Fsp3) is 0.308. The molecule has 1 rings (SSSR count). The van der Waals surface area contributed by atoms with Gasteiger partial charge >= 0.3 is 0 Å². The van der Waals surface area contributed by atoms with Crippen molar-refractivity contribution in [2.45, 2.75) is 13.8 Å². The summed E-state index contributed by atoms with van der Waals surface area (Å²) in [6.45, 7) is 3.54. The number of nitriles is 1. The Morgan fingerprint density at radius 3 is 2.56 bits per heavy atom. The van der Waals surface area contributed by atoms with Gasteiger partial charge in [0.1, 0.15) is 11.8 Å². The average molecular weight is 246 g/mol. The van der Waals surface area contributed by atoms with Crippen molar-refractivity contribution < 1.29 is 9.66 Å². The lowest BCUT2D eigenvalue weighted by Gasteiger charge is -2.03. The highest BCUT2D eigenvalue weighted by Crippen LogP contribution is 2.18. The normalized spacial score (nSPS) is 11.1. The van der Waals surface area contributed by atoms with E-state index in [9.17, 15) is 10.1 Å². The molecular formula is C13H14N2O3. The summed E-state index contributed by atoms with van der Waals surface area (Å²) < 4.78 is 5.09. The highest BCUT2D eigenvalue weighted by atomic mass is 16.6. The third kappa shape index (κ3) is 3.91. The molecule has 5 nitrogen and oxygen atoms in total. The van der Waals surface area contributed by atoms with Crippen LogP contribution in [0.25, 0.3) is 6.08 Å². The van der Waals surface area contributed by atoms with Crippen molar-refractivity contribution in [1.29, 1.82) is 5.26 Å². The summed E-state index contributed by atoms with van der Waals surface area (Å²) in [6, 6.07) is 8.67. The maximum atomic E-state index is 10.8. The van der Waals surface area contributed by atoms with Gasteiger partial charge in [0.2, 0.25) is 5.70 Å². The third-order valence-electron chi connectivity index (χ3n) is 2.30. The Balaban J connectivity index is 2.88. The summed E-state index contributed by atoms with van der Waals surface area (Å²) in [7, 11) is 0. The standard InChI is InChI=1S/C13H14N2O3/c1-10(2)13(15(16)17)9-11-3-5-12(6-4-11)18-8-7-14/h3-6,9-10H,8H2,1-2H3/b13-9-. The molecule has 0 unspecified atom stereocenters. The van der Waals surface area contributed by atoms with Gasteiger partial charge in [0.25, 0.3) is 0 Å². The van der Waals surface area contributed by atoms with Gasteiger partial charge in [-0.15, -0.1) is 0 Å². The van der Waals surface area contributed by atoms with E-state index in [1.165, 1.54) is 0 Å². The summed E-state index contributed by atoms with van der Waals surface area (Å²) in [5.74, 6) is 0.426. The van der Waals surface area contributed by atoms with Crippen LogP contribution in [0.4, 0.5) is 0 Å². The molecule has 0 spiro atoms. The molecule has 0 fully saturated rings. The van der Waals surface area contributed by atoms with Crippen LogP contribution in [-0.2, 0) is 0 Å². The van der Waals surface area contributed by atoms with Crippen molar-refractivity contribution in [3.05, 3.63) is 45.6 Å². The van der Waals surface area contributed by atoms with Crippen LogP contribution >= 0.6 is 0 Å². The molecule has 0 aliphatic rings. The van der Waals surface area contributed by atoms with Gasteiger partial charge in [0, 0.05) is 12.0 Å². The second kappa shape index (κ2) is 6.40. The molecule has 0 radical (unpaired) electrons. The minimum atomic E-state index is -0.370. The second-order valence-corrected chi connectivity index (χ2v) is 4.00. The van der Waals surface area contributed by atoms with Crippen molar-refractivity contribution in [3.8, 4) is 11.8 Å². The topological polar surface area (TPSA) is 76.2 Å². The van der Waals surface area contributed by atoms with Crippen LogP contribution in [0, 0.1) is 27.4 Å². The number of ether oxygens (including phenoxy) is 1. The molecule has 0 bridgehead atoms. The molecule has 1 aromatic carbocycles. The number of nitro groups is 1. The van der Waals surface area contributed by atoms with Crippen LogP contribution in [0.2, 0.25) is 0 Å². The minimum absolute atomic E-state index is 0.0126. The zero-order valence-electron chi connectivity index (χ0n) is 10.3. The van der Waals surface area contributed by atoms with Crippen LogP contribution in [0.15, 0.2) is 30.0 Å². The Kier molecular flexibility index (Phi) is 4.88.